The van der Waals surface area contributed by atoms with Crippen LogP contribution in [0.1, 0.15) is 13.8 Å². The molecule has 0 unspecified atom stereocenters. The summed E-state index contributed by atoms with van der Waals surface area (Å²) in [6, 6.07) is 3.99. The third-order valence-corrected chi connectivity index (χ3v) is 6.91. The van der Waals surface area contributed by atoms with Gasteiger partial charge < -0.3 is 5.32 Å². The summed E-state index contributed by atoms with van der Waals surface area (Å²) in [6.45, 7) is 3.59. The standard InChI is InChI=1S/C16H17Cl3N4O4S/c1-3-22(4-2)28(26,27)10-5-6-11(17)13(7-10)21-14(24)9-23-16(25)15(19)12(18)8-20-23/h5-8H,3-4,9H2,1-2H3,(H,21,24). The molecule has 0 saturated carbocycles. The summed E-state index contributed by atoms with van der Waals surface area (Å²) in [5.74, 6) is -0.646. The van der Waals surface area contributed by atoms with E-state index in [1.807, 2.05) is 0 Å². The Balaban J connectivity index is 2.28. The van der Waals surface area contributed by atoms with Crippen LogP contribution in [0.3, 0.4) is 0 Å². The first-order valence-corrected chi connectivity index (χ1v) is 10.7. The van der Waals surface area contributed by atoms with Gasteiger partial charge in [-0.3, -0.25) is 9.59 Å². The number of halogens is 3. The third-order valence-electron chi connectivity index (χ3n) is 3.79. The smallest absolute Gasteiger partial charge is 0.287 e. The van der Waals surface area contributed by atoms with E-state index < -0.39 is 28.0 Å². The van der Waals surface area contributed by atoms with Crippen LogP contribution in [0.15, 0.2) is 34.1 Å². The van der Waals surface area contributed by atoms with E-state index in [-0.39, 0.29) is 25.7 Å². The van der Waals surface area contributed by atoms with Crippen molar-refractivity contribution < 1.29 is 13.2 Å². The van der Waals surface area contributed by atoms with Crippen molar-refractivity contribution in [2.45, 2.75) is 25.3 Å². The summed E-state index contributed by atoms with van der Waals surface area (Å²) >= 11 is 17.5. The Labute approximate surface area is 177 Å². The second-order valence-corrected chi connectivity index (χ2v) is 8.68. The normalized spacial score (nSPS) is 11.6. The van der Waals surface area contributed by atoms with Crippen LogP contribution in [0, 0.1) is 0 Å². The molecule has 0 radical (unpaired) electrons. The van der Waals surface area contributed by atoms with Gasteiger partial charge in [0, 0.05) is 13.1 Å². The minimum Gasteiger partial charge on any atom is -0.323 e. The molecule has 152 valence electrons. The van der Waals surface area contributed by atoms with E-state index >= 15 is 0 Å². The van der Waals surface area contributed by atoms with Crippen LogP contribution < -0.4 is 10.9 Å². The summed E-state index contributed by atoms with van der Waals surface area (Å²) in [5, 5.41) is 6.07. The molecule has 2 aromatic rings. The number of sulfonamides is 1. The molecular weight excluding hydrogens is 451 g/mol. The molecule has 1 N–H and O–H groups in total. The van der Waals surface area contributed by atoms with Crippen molar-refractivity contribution in [3.05, 3.63) is 49.8 Å². The topological polar surface area (TPSA) is 101 Å². The molecule has 0 spiro atoms. The highest BCUT2D eigenvalue weighted by Crippen LogP contribution is 2.27. The minimum atomic E-state index is -3.73. The Morgan fingerprint density at radius 1 is 1.18 bits per heavy atom. The van der Waals surface area contributed by atoms with Gasteiger partial charge in [-0.15, -0.1) is 0 Å². The Morgan fingerprint density at radius 2 is 1.82 bits per heavy atom. The second kappa shape index (κ2) is 9.23. The Bertz CT molecular complexity index is 1050. The molecule has 0 fully saturated rings. The fraction of sp³-hybridized carbons (Fsp3) is 0.312. The predicted molar refractivity (Wildman–Crippen MR) is 109 cm³/mol. The molecule has 0 bridgehead atoms. The molecule has 0 aliphatic rings. The van der Waals surface area contributed by atoms with Crippen LogP contribution in [-0.2, 0) is 21.4 Å². The van der Waals surface area contributed by atoms with Gasteiger partial charge in [-0.2, -0.15) is 9.40 Å². The molecule has 8 nitrogen and oxygen atoms in total. The quantitative estimate of drug-likeness (QED) is 0.675. The fourth-order valence-corrected chi connectivity index (χ4v) is 4.28. The van der Waals surface area contributed by atoms with Gasteiger partial charge in [0.2, 0.25) is 15.9 Å². The molecule has 0 aliphatic carbocycles. The number of carbonyl (C=O) groups excluding carboxylic acids is 1. The van der Waals surface area contributed by atoms with Crippen LogP contribution >= 0.6 is 34.8 Å². The molecule has 0 saturated heterocycles. The molecule has 1 aromatic heterocycles. The van der Waals surface area contributed by atoms with Gasteiger partial charge in [0.25, 0.3) is 5.56 Å². The average Bonchev–Trinajstić information content (AvgIpc) is 2.64. The first-order chi connectivity index (χ1) is 13.1. The Morgan fingerprint density at radius 3 is 2.43 bits per heavy atom. The number of amides is 1. The molecule has 0 aliphatic heterocycles. The molecule has 1 aromatic carbocycles. The van der Waals surface area contributed by atoms with E-state index in [4.69, 9.17) is 34.8 Å². The van der Waals surface area contributed by atoms with Crippen LogP contribution in [-0.4, -0.2) is 41.5 Å². The van der Waals surface area contributed by atoms with Gasteiger partial charge in [-0.25, -0.2) is 13.1 Å². The number of nitrogens with zero attached hydrogens (tertiary/aromatic N) is 3. The number of benzene rings is 1. The van der Waals surface area contributed by atoms with Gasteiger partial charge in [-0.1, -0.05) is 48.7 Å². The average molecular weight is 468 g/mol. The molecule has 28 heavy (non-hydrogen) atoms. The fourth-order valence-electron chi connectivity index (χ4n) is 2.36. The maximum Gasteiger partial charge on any atom is 0.287 e. The number of rotatable bonds is 7. The Kier molecular flexibility index (Phi) is 7.46. The maximum atomic E-state index is 12.6. The van der Waals surface area contributed by atoms with E-state index in [2.05, 4.69) is 10.4 Å². The molecular formula is C16H17Cl3N4O4S. The molecule has 2 rings (SSSR count). The van der Waals surface area contributed by atoms with E-state index in [1.165, 1.54) is 22.5 Å². The van der Waals surface area contributed by atoms with Gasteiger partial charge in [-0.05, 0) is 18.2 Å². The lowest BCUT2D eigenvalue weighted by atomic mass is 10.3. The summed E-state index contributed by atoms with van der Waals surface area (Å²) < 4.78 is 27.4. The van der Waals surface area contributed by atoms with Crippen LogP contribution in [0.5, 0.6) is 0 Å². The van der Waals surface area contributed by atoms with Crippen molar-refractivity contribution in [3.63, 3.8) is 0 Å². The van der Waals surface area contributed by atoms with Gasteiger partial charge in [0.05, 0.1) is 26.8 Å². The van der Waals surface area contributed by atoms with E-state index in [9.17, 15) is 18.0 Å². The lowest BCUT2D eigenvalue weighted by Gasteiger charge is -2.19. The lowest BCUT2D eigenvalue weighted by molar-refractivity contribution is -0.117. The molecule has 1 heterocycles. The zero-order valence-corrected chi connectivity index (χ0v) is 18.0. The molecule has 1 amide bonds. The number of nitrogens with one attached hydrogen (secondary N) is 1. The van der Waals surface area contributed by atoms with Gasteiger partial charge in [0.1, 0.15) is 11.6 Å². The van der Waals surface area contributed by atoms with Crippen molar-refractivity contribution in [1.82, 2.24) is 14.1 Å². The van der Waals surface area contributed by atoms with Gasteiger partial charge >= 0.3 is 0 Å². The second-order valence-electron chi connectivity index (χ2n) is 5.55. The number of aromatic nitrogens is 2. The van der Waals surface area contributed by atoms with Crippen molar-refractivity contribution >= 4 is 56.4 Å². The lowest BCUT2D eigenvalue weighted by Crippen LogP contribution is -2.31. The predicted octanol–water partition coefficient (Wildman–Crippen LogP) is 2.87. The monoisotopic (exact) mass is 466 g/mol. The molecule has 12 heteroatoms. The SMILES string of the molecule is CCN(CC)S(=O)(=O)c1ccc(Cl)c(NC(=O)Cn2ncc(Cl)c(Cl)c2=O)c1. The van der Waals surface area contributed by atoms with Crippen LogP contribution in [0.2, 0.25) is 15.1 Å². The maximum absolute atomic E-state index is 12.6. The van der Waals surface area contributed by atoms with Crippen molar-refractivity contribution in [2.24, 2.45) is 0 Å². The number of hydrogen-bond acceptors (Lipinski definition) is 5. The third kappa shape index (κ3) is 4.84. The number of carbonyl (C=O) groups is 1. The Hall–Kier alpha value is -1.65. The largest absolute Gasteiger partial charge is 0.323 e. The zero-order chi connectivity index (χ0) is 21.1. The number of hydrogen-bond donors (Lipinski definition) is 1. The van der Waals surface area contributed by atoms with Crippen molar-refractivity contribution in [3.8, 4) is 0 Å². The number of anilines is 1. The highest BCUT2D eigenvalue weighted by atomic mass is 35.5. The first-order valence-electron chi connectivity index (χ1n) is 8.12. The van der Waals surface area contributed by atoms with E-state index in [1.54, 1.807) is 13.8 Å². The van der Waals surface area contributed by atoms with Crippen LogP contribution in [0.25, 0.3) is 0 Å². The first kappa shape index (κ1) is 22.6. The highest BCUT2D eigenvalue weighted by Gasteiger charge is 2.23. The summed E-state index contributed by atoms with van der Waals surface area (Å²) in [6.07, 6.45) is 1.14. The van der Waals surface area contributed by atoms with E-state index in [0.29, 0.717) is 13.1 Å². The van der Waals surface area contributed by atoms with Gasteiger partial charge in [0.15, 0.2) is 0 Å². The van der Waals surface area contributed by atoms with E-state index in [0.717, 1.165) is 10.9 Å². The van der Waals surface area contributed by atoms with Crippen LogP contribution in [0.4, 0.5) is 5.69 Å². The van der Waals surface area contributed by atoms with Crippen molar-refractivity contribution in [1.29, 1.82) is 0 Å². The van der Waals surface area contributed by atoms with Crippen molar-refractivity contribution in [2.75, 3.05) is 18.4 Å². The minimum absolute atomic E-state index is 0.0132. The summed E-state index contributed by atoms with van der Waals surface area (Å²) in [7, 11) is -3.73. The molecule has 0 atom stereocenters. The highest BCUT2D eigenvalue weighted by molar-refractivity contribution is 7.89. The zero-order valence-electron chi connectivity index (χ0n) is 14.9. The summed E-state index contributed by atoms with van der Waals surface area (Å²) in [4.78, 5) is 24.2. The summed E-state index contributed by atoms with van der Waals surface area (Å²) in [5.41, 5.74) is -0.638.